The molecule has 0 radical (unpaired) electrons. The fourth-order valence-electron chi connectivity index (χ4n) is 1.78. The number of aromatic amines is 1. The molecule has 0 saturated carbocycles. The zero-order valence-corrected chi connectivity index (χ0v) is 11.2. The van der Waals surface area contributed by atoms with Gasteiger partial charge in [0.2, 0.25) is 0 Å². The number of esters is 1. The van der Waals surface area contributed by atoms with Crippen LogP contribution in [0.5, 0.6) is 5.75 Å². The predicted molar refractivity (Wildman–Crippen MR) is 70.5 cm³/mol. The highest BCUT2D eigenvalue weighted by Gasteiger charge is 2.31. The quantitative estimate of drug-likeness (QED) is 0.885. The Bertz CT molecular complexity index is 752. The average Bonchev–Trinajstić information content (AvgIpc) is 2.45. The largest absolute Gasteiger partial charge is 0.573 e. The number of carbonyl (C=O) groups excluding carboxylic acids is 1. The van der Waals surface area contributed by atoms with Crippen molar-refractivity contribution in [3.05, 3.63) is 52.4 Å². The summed E-state index contributed by atoms with van der Waals surface area (Å²) in [5.74, 6) is -1.25. The van der Waals surface area contributed by atoms with Crippen molar-refractivity contribution in [3.63, 3.8) is 0 Å². The van der Waals surface area contributed by atoms with Gasteiger partial charge in [-0.15, -0.1) is 13.2 Å². The summed E-state index contributed by atoms with van der Waals surface area (Å²) in [5.41, 5.74) is -0.226. The number of H-pyrrole nitrogens is 1. The summed E-state index contributed by atoms with van der Waals surface area (Å²) in [6, 6.07) is 6.39. The predicted octanol–water partition coefficient (Wildman–Crippen LogP) is 2.73. The number of halogens is 3. The van der Waals surface area contributed by atoms with Crippen molar-refractivity contribution >= 4 is 5.97 Å². The van der Waals surface area contributed by atoms with Gasteiger partial charge in [-0.05, 0) is 29.3 Å². The number of alkyl halides is 3. The topological polar surface area (TPSA) is 68.4 Å². The third-order valence-corrected chi connectivity index (χ3v) is 2.71. The standard InChI is InChI=1S/C14H10F3NO4/c1-21-13(20)11-6-9(7-18-12(11)19)8-3-2-4-10(5-8)22-14(15,16)17/h2-7H,1H3,(H,18,19). The first-order chi connectivity index (χ1) is 10.3. The second-order valence-electron chi connectivity index (χ2n) is 4.20. The lowest BCUT2D eigenvalue weighted by molar-refractivity contribution is -0.274. The fraction of sp³-hybridized carbons (Fsp3) is 0.143. The molecule has 0 aliphatic heterocycles. The number of nitrogens with one attached hydrogen (secondary N) is 1. The van der Waals surface area contributed by atoms with Gasteiger partial charge in [-0.2, -0.15) is 0 Å². The maximum atomic E-state index is 12.2. The van der Waals surface area contributed by atoms with Crippen LogP contribution in [0, 0.1) is 0 Å². The summed E-state index contributed by atoms with van der Waals surface area (Å²) in [6.07, 6.45) is -3.53. The molecule has 1 aromatic carbocycles. The van der Waals surface area contributed by atoms with Crippen LogP contribution < -0.4 is 10.3 Å². The van der Waals surface area contributed by atoms with Crippen molar-refractivity contribution in [1.29, 1.82) is 0 Å². The Morgan fingerprint density at radius 1 is 1.18 bits per heavy atom. The monoisotopic (exact) mass is 313 g/mol. The van der Waals surface area contributed by atoms with Crippen molar-refractivity contribution in [2.45, 2.75) is 6.36 Å². The molecule has 5 nitrogen and oxygen atoms in total. The Morgan fingerprint density at radius 2 is 1.91 bits per heavy atom. The van der Waals surface area contributed by atoms with Crippen molar-refractivity contribution in [3.8, 4) is 16.9 Å². The summed E-state index contributed by atoms with van der Waals surface area (Å²) in [5, 5.41) is 0. The first kappa shape index (κ1) is 15.6. The Balaban J connectivity index is 2.42. The summed E-state index contributed by atoms with van der Waals surface area (Å²) >= 11 is 0. The SMILES string of the molecule is COC(=O)c1cc(-c2cccc(OC(F)(F)F)c2)c[nH]c1=O. The average molecular weight is 313 g/mol. The van der Waals surface area contributed by atoms with Gasteiger partial charge in [-0.1, -0.05) is 12.1 Å². The molecule has 22 heavy (non-hydrogen) atoms. The second kappa shape index (κ2) is 5.92. The van der Waals surface area contributed by atoms with Gasteiger partial charge in [-0.3, -0.25) is 4.79 Å². The molecule has 1 heterocycles. The van der Waals surface area contributed by atoms with Crippen molar-refractivity contribution in [2.75, 3.05) is 7.11 Å². The van der Waals surface area contributed by atoms with E-state index in [1.54, 1.807) is 0 Å². The number of aromatic nitrogens is 1. The summed E-state index contributed by atoms with van der Waals surface area (Å²) in [4.78, 5) is 25.3. The zero-order valence-electron chi connectivity index (χ0n) is 11.2. The first-order valence-corrected chi connectivity index (χ1v) is 5.97. The number of pyridine rings is 1. The molecular formula is C14H10F3NO4. The van der Waals surface area contributed by atoms with E-state index < -0.39 is 23.6 Å². The van der Waals surface area contributed by atoms with E-state index in [-0.39, 0.29) is 5.56 Å². The third-order valence-electron chi connectivity index (χ3n) is 2.71. The van der Waals surface area contributed by atoms with Crippen molar-refractivity contribution in [2.24, 2.45) is 0 Å². The normalized spacial score (nSPS) is 11.1. The summed E-state index contributed by atoms with van der Waals surface area (Å²) in [7, 11) is 1.12. The number of benzene rings is 1. The van der Waals surface area contributed by atoms with Gasteiger partial charge < -0.3 is 14.5 Å². The number of rotatable bonds is 3. The van der Waals surface area contributed by atoms with Crippen LogP contribution in [-0.2, 0) is 4.74 Å². The Kier molecular flexibility index (Phi) is 4.20. The molecule has 0 saturated heterocycles. The van der Waals surface area contributed by atoms with Gasteiger partial charge in [0.1, 0.15) is 11.3 Å². The van der Waals surface area contributed by atoms with Crippen molar-refractivity contribution in [1.82, 2.24) is 4.98 Å². The minimum absolute atomic E-state index is 0.248. The van der Waals surface area contributed by atoms with Crippen LogP contribution in [0.1, 0.15) is 10.4 Å². The van der Waals surface area contributed by atoms with Crippen molar-refractivity contribution < 1.29 is 27.4 Å². The lowest BCUT2D eigenvalue weighted by Gasteiger charge is -2.10. The van der Waals surface area contributed by atoms with Gasteiger partial charge in [0.25, 0.3) is 5.56 Å². The van der Waals surface area contributed by atoms with Crippen LogP contribution >= 0.6 is 0 Å². The van der Waals surface area contributed by atoms with Crippen LogP contribution in [0.3, 0.4) is 0 Å². The first-order valence-electron chi connectivity index (χ1n) is 5.97. The Labute approximate surface area is 122 Å². The van der Waals surface area contributed by atoms with Crippen LogP contribution in [0.4, 0.5) is 13.2 Å². The van der Waals surface area contributed by atoms with E-state index in [1.165, 1.54) is 24.4 Å². The van der Waals surface area contributed by atoms with Gasteiger partial charge in [-0.25, -0.2) is 4.79 Å². The van der Waals surface area contributed by atoms with E-state index in [2.05, 4.69) is 14.5 Å². The third kappa shape index (κ3) is 3.66. The Hall–Kier alpha value is -2.77. The highest BCUT2D eigenvalue weighted by Crippen LogP contribution is 2.27. The zero-order chi connectivity index (χ0) is 16.3. The molecule has 0 spiro atoms. The number of carbonyl (C=O) groups is 1. The molecule has 116 valence electrons. The van der Waals surface area contributed by atoms with Gasteiger partial charge in [0, 0.05) is 6.20 Å². The molecule has 0 atom stereocenters. The molecule has 0 fully saturated rings. The molecule has 2 rings (SSSR count). The van der Waals surface area contributed by atoms with Crippen LogP contribution in [0.15, 0.2) is 41.3 Å². The fourth-order valence-corrected chi connectivity index (χ4v) is 1.78. The maximum absolute atomic E-state index is 12.2. The van der Waals surface area contributed by atoms with E-state index in [0.717, 1.165) is 19.2 Å². The van der Waals surface area contributed by atoms with Crippen LogP contribution in [0.25, 0.3) is 11.1 Å². The maximum Gasteiger partial charge on any atom is 0.573 e. The lowest BCUT2D eigenvalue weighted by Crippen LogP contribution is -2.18. The minimum Gasteiger partial charge on any atom is -0.465 e. The molecule has 0 amide bonds. The van der Waals surface area contributed by atoms with E-state index in [1.807, 2.05) is 0 Å². The summed E-state index contributed by atoms with van der Waals surface area (Å²) in [6.45, 7) is 0. The molecule has 1 aromatic heterocycles. The minimum atomic E-state index is -4.80. The van der Waals surface area contributed by atoms with Gasteiger partial charge in [0.05, 0.1) is 7.11 Å². The number of methoxy groups -OCH3 is 1. The molecule has 2 aromatic rings. The number of hydrogen-bond acceptors (Lipinski definition) is 4. The number of ether oxygens (including phenoxy) is 2. The molecule has 8 heteroatoms. The van der Waals surface area contributed by atoms with Gasteiger partial charge in [0.15, 0.2) is 0 Å². The van der Waals surface area contributed by atoms with E-state index in [0.29, 0.717) is 11.1 Å². The second-order valence-corrected chi connectivity index (χ2v) is 4.20. The van der Waals surface area contributed by atoms with E-state index >= 15 is 0 Å². The van der Waals surface area contributed by atoms with E-state index in [4.69, 9.17) is 0 Å². The molecule has 0 aliphatic carbocycles. The van der Waals surface area contributed by atoms with E-state index in [9.17, 15) is 22.8 Å². The molecule has 1 N–H and O–H groups in total. The van der Waals surface area contributed by atoms with Gasteiger partial charge >= 0.3 is 12.3 Å². The smallest absolute Gasteiger partial charge is 0.465 e. The molecule has 0 unspecified atom stereocenters. The lowest BCUT2D eigenvalue weighted by atomic mass is 10.1. The highest BCUT2D eigenvalue weighted by molar-refractivity contribution is 5.90. The number of hydrogen-bond donors (Lipinski definition) is 1. The molecule has 0 bridgehead atoms. The van der Waals surface area contributed by atoms with Crippen LogP contribution in [-0.4, -0.2) is 24.4 Å². The van der Waals surface area contributed by atoms with Crippen LogP contribution in [0.2, 0.25) is 0 Å². The molecule has 0 aliphatic rings. The molecular weight excluding hydrogens is 303 g/mol. The summed E-state index contributed by atoms with van der Waals surface area (Å²) < 4.78 is 44.9. The highest BCUT2D eigenvalue weighted by atomic mass is 19.4. The Morgan fingerprint density at radius 3 is 2.55 bits per heavy atom.